The SMILES string of the molecule is O=C(O)C=Cc1ccsc1CSCCO. The smallest absolute Gasteiger partial charge is 0.328 e. The molecule has 0 fully saturated rings. The molecule has 1 aromatic heterocycles. The summed E-state index contributed by atoms with van der Waals surface area (Å²) >= 11 is 3.24. The van der Waals surface area contributed by atoms with Crippen LogP contribution in [-0.4, -0.2) is 28.5 Å². The van der Waals surface area contributed by atoms with Gasteiger partial charge in [0.1, 0.15) is 0 Å². The summed E-state index contributed by atoms with van der Waals surface area (Å²) in [6.45, 7) is 0.177. The molecule has 0 spiro atoms. The van der Waals surface area contributed by atoms with Gasteiger partial charge in [-0.2, -0.15) is 11.8 Å². The molecule has 3 nitrogen and oxygen atoms in total. The van der Waals surface area contributed by atoms with Crippen molar-refractivity contribution in [3.8, 4) is 0 Å². The lowest BCUT2D eigenvalue weighted by Gasteiger charge is -1.98. The van der Waals surface area contributed by atoms with Crippen LogP contribution in [0.4, 0.5) is 0 Å². The summed E-state index contributed by atoms with van der Waals surface area (Å²) in [4.78, 5) is 11.5. The standard InChI is InChI=1S/C10H12O3S2/c11-4-6-14-7-9-8(3-5-15-9)1-2-10(12)13/h1-3,5,11H,4,6-7H2,(H,12,13). The maximum Gasteiger partial charge on any atom is 0.328 e. The number of carboxylic acids is 1. The number of carboxylic acid groups (broad SMARTS) is 1. The number of aliphatic hydroxyl groups excluding tert-OH is 1. The Morgan fingerprint density at radius 2 is 2.40 bits per heavy atom. The van der Waals surface area contributed by atoms with Gasteiger partial charge in [-0.15, -0.1) is 11.3 Å². The van der Waals surface area contributed by atoms with Crippen molar-refractivity contribution in [3.63, 3.8) is 0 Å². The molecule has 1 rings (SSSR count). The Morgan fingerprint density at radius 1 is 1.60 bits per heavy atom. The number of thioether (sulfide) groups is 1. The van der Waals surface area contributed by atoms with Crippen molar-refractivity contribution in [2.24, 2.45) is 0 Å². The Bertz CT molecular complexity index is 344. The molecule has 0 radical (unpaired) electrons. The summed E-state index contributed by atoms with van der Waals surface area (Å²) in [5.74, 6) is 0.590. The Labute approximate surface area is 96.4 Å². The molecule has 0 saturated carbocycles. The van der Waals surface area contributed by atoms with Gasteiger partial charge >= 0.3 is 5.97 Å². The lowest BCUT2D eigenvalue weighted by Crippen LogP contribution is -1.88. The number of hydrogen-bond donors (Lipinski definition) is 2. The molecule has 0 aliphatic carbocycles. The van der Waals surface area contributed by atoms with Gasteiger partial charge in [0.25, 0.3) is 0 Å². The second-order valence-corrected chi connectivity index (χ2v) is 4.85. The van der Waals surface area contributed by atoms with Crippen molar-refractivity contribution >= 4 is 35.1 Å². The molecule has 0 unspecified atom stereocenters. The van der Waals surface area contributed by atoms with Gasteiger partial charge in [-0.05, 0) is 23.1 Å². The average Bonchev–Trinajstić information content (AvgIpc) is 2.63. The van der Waals surface area contributed by atoms with Gasteiger partial charge in [-0.3, -0.25) is 0 Å². The highest BCUT2D eigenvalue weighted by atomic mass is 32.2. The number of aliphatic hydroxyl groups is 1. The quantitative estimate of drug-likeness (QED) is 0.594. The molecule has 0 aliphatic heterocycles. The normalized spacial score (nSPS) is 11.0. The summed E-state index contributed by atoms with van der Waals surface area (Å²) in [5.41, 5.74) is 0.952. The number of carbonyl (C=O) groups is 1. The Morgan fingerprint density at radius 3 is 3.07 bits per heavy atom. The molecule has 15 heavy (non-hydrogen) atoms. The van der Waals surface area contributed by atoms with Crippen molar-refractivity contribution in [2.45, 2.75) is 5.75 Å². The molecule has 1 heterocycles. The third-order valence-corrected chi connectivity index (χ3v) is 3.74. The van der Waals surface area contributed by atoms with Crippen LogP contribution in [-0.2, 0) is 10.5 Å². The van der Waals surface area contributed by atoms with E-state index in [4.69, 9.17) is 10.2 Å². The zero-order valence-electron chi connectivity index (χ0n) is 8.05. The first-order valence-corrected chi connectivity index (χ1v) is 6.43. The minimum Gasteiger partial charge on any atom is -0.478 e. The van der Waals surface area contributed by atoms with Gasteiger partial charge < -0.3 is 10.2 Å². The number of aliphatic carboxylic acids is 1. The lowest BCUT2D eigenvalue weighted by atomic mass is 10.2. The van der Waals surface area contributed by atoms with E-state index in [0.29, 0.717) is 5.75 Å². The van der Waals surface area contributed by atoms with Crippen molar-refractivity contribution in [1.29, 1.82) is 0 Å². The minimum absolute atomic E-state index is 0.177. The third-order valence-electron chi connectivity index (χ3n) is 1.65. The second kappa shape index (κ2) is 6.66. The maximum absolute atomic E-state index is 10.3. The van der Waals surface area contributed by atoms with Crippen LogP contribution in [0.15, 0.2) is 17.5 Å². The first-order chi connectivity index (χ1) is 7.24. The van der Waals surface area contributed by atoms with E-state index in [1.807, 2.05) is 11.4 Å². The van der Waals surface area contributed by atoms with E-state index in [0.717, 1.165) is 22.3 Å². The van der Waals surface area contributed by atoms with Gasteiger partial charge in [0.15, 0.2) is 0 Å². The van der Waals surface area contributed by atoms with E-state index < -0.39 is 5.97 Å². The minimum atomic E-state index is -0.935. The number of hydrogen-bond acceptors (Lipinski definition) is 4. The molecule has 0 atom stereocenters. The molecule has 82 valence electrons. The van der Waals surface area contributed by atoms with Crippen LogP contribution in [0.5, 0.6) is 0 Å². The van der Waals surface area contributed by atoms with E-state index in [9.17, 15) is 4.79 Å². The molecule has 2 N–H and O–H groups in total. The molecule has 0 aromatic carbocycles. The van der Waals surface area contributed by atoms with Crippen molar-refractivity contribution in [3.05, 3.63) is 28.0 Å². The van der Waals surface area contributed by atoms with Gasteiger partial charge in [0, 0.05) is 22.5 Å². The number of thiophene rings is 1. The van der Waals surface area contributed by atoms with E-state index >= 15 is 0 Å². The van der Waals surface area contributed by atoms with Crippen LogP contribution in [0.1, 0.15) is 10.4 Å². The van der Waals surface area contributed by atoms with Crippen LogP contribution in [0, 0.1) is 0 Å². The summed E-state index contributed by atoms with van der Waals surface area (Å²) < 4.78 is 0. The topological polar surface area (TPSA) is 57.5 Å². The predicted octanol–water partition coefficient (Wildman–Crippen LogP) is 2.07. The maximum atomic E-state index is 10.3. The van der Waals surface area contributed by atoms with Crippen molar-refractivity contribution in [1.82, 2.24) is 0 Å². The van der Waals surface area contributed by atoms with Gasteiger partial charge in [-0.25, -0.2) is 4.79 Å². The summed E-state index contributed by atoms with van der Waals surface area (Å²) in [7, 11) is 0. The van der Waals surface area contributed by atoms with Crippen molar-refractivity contribution in [2.75, 3.05) is 12.4 Å². The van der Waals surface area contributed by atoms with E-state index in [-0.39, 0.29) is 6.61 Å². The molecular weight excluding hydrogens is 232 g/mol. The molecule has 5 heteroatoms. The largest absolute Gasteiger partial charge is 0.478 e. The fourth-order valence-corrected chi connectivity index (χ4v) is 2.81. The van der Waals surface area contributed by atoms with Gasteiger partial charge in [-0.1, -0.05) is 0 Å². The Hall–Kier alpha value is -0.780. The van der Waals surface area contributed by atoms with Gasteiger partial charge in [0.05, 0.1) is 6.61 Å². The second-order valence-electron chi connectivity index (χ2n) is 2.75. The van der Waals surface area contributed by atoms with Gasteiger partial charge in [0.2, 0.25) is 0 Å². The monoisotopic (exact) mass is 244 g/mol. The Balaban J connectivity index is 2.57. The predicted molar refractivity (Wildman–Crippen MR) is 64.2 cm³/mol. The van der Waals surface area contributed by atoms with Crippen LogP contribution >= 0.6 is 23.1 Å². The summed E-state index contributed by atoms with van der Waals surface area (Å²) in [5, 5.41) is 19.1. The molecule has 0 aliphatic rings. The van der Waals surface area contributed by atoms with E-state index in [1.54, 1.807) is 29.2 Å². The zero-order chi connectivity index (χ0) is 11.1. The Kier molecular flexibility index (Phi) is 5.45. The highest BCUT2D eigenvalue weighted by Gasteiger charge is 2.01. The van der Waals surface area contributed by atoms with E-state index in [1.165, 1.54) is 0 Å². The molecule has 1 aromatic rings. The highest BCUT2D eigenvalue weighted by molar-refractivity contribution is 7.98. The average molecular weight is 244 g/mol. The third kappa shape index (κ3) is 4.51. The zero-order valence-corrected chi connectivity index (χ0v) is 9.68. The van der Waals surface area contributed by atoms with Crippen LogP contribution in [0.2, 0.25) is 0 Å². The van der Waals surface area contributed by atoms with Crippen LogP contribution in [0.25, 0.3) is 6.08 Å². The molecule has 0 saturated heterocycles. The fourth-order valence-electron chi connectivity index (χ4n) is 1.01. The molecular formula is C10H12O3S2. The van der Waals surface area contributed by atoms with Crippen LogP contribution < -0.4 is 0 Å². The van der Waals surface area contributed by atoms with E-state index in [2.05, 4.69) is 0 Å². The summed E-state index contributed by atoms with van der Waals surface area (Å²) in [6.07, 6.45) is 2.75. The van der Waals surface area contributed by atoms with Crippen LogP contribution in [0.3, 0.4) is 0 Å². The number of rotatable bonds is 6. The summed E-state index contributed by atoms with van der Waals surface area (Å²) in [6, 6.07) is 1.90. The highest BCUT2D eigenvalue weighted by Crippen LogP contribution is 2.23. The first kappa shape index (κ1) is 12.3. The molecule has 0 amide bonds. The molecule has 0 bridgehead atoms. The van der Waals surface area contributed by atoms with Crippen molar-refractivity contribution < 1.29 is 15.0 Å². The fraction of sp³-hybridized carbons (Fsp3) is 0.300. The first-order valence-electron chi connectivity index (χ1n) is 4.40. The lowest BCUT2D eigenvalue weighted by molar-refractivity contribution is -0.131.